The molecule has 0 spiro atoms. The molecule has 0 bridgehead atoms. The maximum Gasteiger partial charge on any atom is 0.238 e. The number of aliphatic imine (C=N–C) groups is 1. The van der Waals surface area contributed by atoms with Gasteiger partial charge in [-0.3, -0.25) is 14.5 Å². The highest BCUT2D eigenvalue weighted by atomic mass is 35.5. The summed E-state index contributed by atoms with van der Waals surface area (Å²) in [5, 5.41) is 4.55. The molecule has 1 aliphatic heterocycles. The largest absolute Gasteiger partial charge is 0.325 e. The standard InChI is InChI=1S/C25H20Cl3N3O2S/c26-17-3-1-16(2-4-17)13-14-31-23(32)15-22(24(33)29-20-9-5-18(27)6-10-20)34-25(31)30-21-11-7-19(28)8-12-21/h1-12,22H,13-15H2,(H,29,33). The van der Waals surface area contributed by atoms with Gasteiger partial charge in [-0.15, -0.1) is 0 Å². The number of hydrogen-bond donors (Lipinski definition) is 1. The first-order chi connectivity index (χ1) is 16.4. The Morgan fingerprint density at radius 2 is 1.47 bits per heavy atom. The molecule has 1 aliphatic rings. The highest BCUT2D eigenvalue weighted by Crippen LogP contribution is 2.30. The third-order valence-corrected chi connectivity index (χ3v) is 7.08. The first-order valence-electron chi connectivity index (χ1n) is 10.5. The predicted molar refractivity (Wildman–Crippen MR) is 141 cm³/mol. The minimum absolute atomic E-state index is 0.0738. The van der Waals surface area contributed by atoms with E-state index in [0.717, 1.165) is 5.56 Å². The van der Waals surface area contributed by atoms with Crippen LogP contribution in [0.4, 0.5) is 11.4 Å². The number of nitrogens with zero attached hydrogens (tertiary/aromatic N) is 2. The Bertz CT molecular complexity index is 1200. The van der Waals surface area contributed by atoms with E-state index in [4.69, 9.17) is 34.8 Å². The average molecular weight is 533 g/mol. The molecule has 1 heterocycles. The van der Waals surface area contributed by atoms with Gasteiger partial charge in [-0.2, -0.15) is 0 Å². The second-order valence-corrected chi connectivity index (χ2v) is 10.1. The van der Waals surface area contributed by atoms with Crippen molar-refractivity contribution in [3.63, 3.8) is 0 Å². The second-order valence-electron chi connectivity index (χ2n) is 7.60. The molecule has 0 saturated carbocycles. The van der Waals surface area contributed by atoms with Crippen LogP contribution in [-0.2, 0) is 16.0 Å². The number of thioether (sulfide) groups is 1. The van der Waals surface area contributed by atoms with E-state index in [2.05, 4.69) is 10.3 Å². The van der Waals surface area contributed by atoms with Gasteiger partial charge in [-0.1, -0.05) is 58.7 Å². The molecule has 34 heavy (non-hydrogen) atoms. The SMILES string of the molecule is O=C(Nc1ccc(Cl)cc1)C1CC(=O)N(CCc2ccc(Cl)cc2)C(=Nc2ccc(Cl)cc2)S1. The van der Waals surface area contributed by atoms with Gasteiger partial charge in [0.1, 0.15) is 5.25 Å². The van der Waals surface area contributed by atoms with Gasteiger partial charge in [-0.05, 0) is 72.6 Å². The number of amidine groups is 1. The van der Waals surface area contributed by atoms with Gasteiger partial charge in [-0.25, -0.2) is 4.99 Å². The molecule has 1 N–H and O–H groups in total. The number of amides is 2. The normalized spacial score (nSPS) is 17.1. The van der Waals surface area contributed by atoms with E-state index < -0.39 is 5.25 Å². The first-order valence-corrected chi connectivity index (χ1v) is 12.5. The summed E-state index contributed by atoms with van der Waals surface area (Å²) in [6.45, 7) is 0.436. The number of nitrogens with one attached hydrogen (secondary N) is 1. The van der Waals surface area contributed by atoms with E-state index in [1.807, 2.05) is 24.3 Å². The smallest absolute Gasteiger partial charge is 0.238 e. The summed E-state index contributed by atoms with van der Waals surface area (Å²) < 4.78 is 0. The van der Waals surface area contributed by atoms with E-state index in [1.165, 1.54) is 11.8 Å². The Kier molecular flexibility index (Phi) is 8.16. The number of hydrogen-bond acceptors (Lipinski definition) is 4. The summed E-state index contributed by atoms with van der Waals surface area (Å²) in [4.78, 5) is 32.4. The molecule has 2 amide bonds. The molecule has 0 aliphatic carbocycles. The number of halogens is 3. The Labute approximate surface area is 217 Å². The lowest BCUT2D eigenvalue weighted by atomic mass is 10.1. The van der Waals surface area contributed by atoms with Crippen LogP contribution < -0.4 is 5.32 Å². The Morgan fingerprint density at radius 3 is 2.09 bits per heavy atom. The third-order valence-electron chi connectivity index (χ3n) is 5.13. The van der Waals surface area contributed by atoms with Crippen LogP contribution in [0, 0.1) is 0 Å². The van der Waals surface area contributed by atoms with Crippen molar-refractivity contribution >= 4 is 74.9 Å². The van der Waals surface area contributed by atoms with Crippen molar-refractivity contribution in [2.45, 2.75) is 18.1 Å². The van der Waals surface area contributed by atoms with E-state index >= 15 is 0 Å². The van der Waals surface area contributed by atoms with Crippen molar-refractivity contribution in [1.29, 1.82) is 0 Å². The molecular weight excluding hydrogens is 513 g/mol. The number of benzene rings is 3. The maximum atomic E-state index is 13.1. The lowest BCUT2D eigenvalue weighted by molar-refractivity contribution is -0.129. The van der Waals surface area contributed by atoms with Crippen LogP contribution in [0.1, 0.15) is 12.0 Å². The van der Waals surface area contributed by atoms with Crippen LogP contribution >= 0.6 is 46.6 Å². The number of anilines is 1. The molecule has 3 aromatic rings. The second kappa shape index (κ2) is 11.3. The van der Waals surface area contributed by atoms with Crippen molar-refractivity contribution in [2.75, 3.05) is 11.9 Å². The summed E-state index contributed by atoms with van der Waals surface area (Å²) in [7, 11) is 0. The number of carbonyl (C=O) groups excluding carboxylic acids is 2. The topological polar surface area (TPSA) is 61.8 Å². The van der Waals surface area contributed by atoms with Crippen molar-refractivity contribution in [3.8, 4) is 0 Å². The summed E-state index contributed by atoms with van der Waals surface area (Å²) >= 11 is 19.2. The zero-order valence-electron chi connectivity index (χ0n) is 17.9. The first kappa shape index (κ1) is 24.6. The fourth-order valence-electron chi connectivity index (χ4n) is 3.34. The van der Waals surface area contributed by atoms with Crippen LogP contribution in [0.5, 0.6) is 0 Å². The van der Waals surface area contributed by atoms with Crippen LogP contribution in [-0.4, -0.2) is 33.7 Å². The summed E-state index contributed by atoms with van der Waals surface area (Å²) in [6.07, 6.45) is 0.703. The van der Waals surface area contributed by atoms with Gasteiger partial charge in [0.15, 0.2) is 5.17 Å². The molecule has 4 rings (SSSR count). The minimum atomic E-state index is -0.610. The Balaban J connectivity index is 1.54. The van der Waals surface area contributed by atoms with Crippen molar-refractivity contribution in [3.05, 3.63) is 93.4 Å². The fourth-order valence-corrected chi connectivity index (χ4v) is 4.84. The molecule has 1 unspecified atom stereocenters. The predicted octanol–water partition coefficient (Wildman–Crippen LogP) is 6.85. The Hall–Kier alpha value is -2.51. The lowest BCUT2D eigenvalue weighted by Gasteiger charge is -2.32. The van der Waals surface area contributed by atoms with E-state index in [1.54, 1.807) is 53.4 Å². The lowest BCUT2D eigenvalue weighted by Crippen LogP contribution is -2.46. The molecule has 0 aromatic heterocycles. The van der Waals surface area contributed by atoms with Crippen LogP contribution in [0.3, 0.4) is 0 Å². The molecule has 5 nitrogen and oxygen atoms in total. The maximum absolute atomic E-state index is 13.1. The van der Waals surface area contributed by atoms with E-state index in [-0.39, 0.29) is 18.2 Å². The van der Waals surface area contributed by atoms with Crippen LogP contribution in [0.2, 0.25) is 15.1 Å². The molecule has 3 aromatic carbocycles. The zero-order valence-corrected chi connectivity index (χ0v) is 21.0. The molecule has 9 heteroatoms. The fraction of sp³-hybridized carbons (Fsp3) is 0.160. The van der Waals surface area contributed by atoms with Gasteiger partial charge in [0.25, 0.3) is 0 Å². The van der Waals surface area contributed by atoms with Crippen LogP contribution in [0.25, 0.3) is 0 Å². The molecular formula is C25H20Cl3N3O2S. The highest BCUT2D eigenvalue weighted by molar-refractivity contribution is 8.15. The van der Waals surface area contributed by atoms with Crippen molar-refractivity contribution in [2.24, 2.45) is 4.99 Å². The molecule has 0 radical (unpaired) electrons. The molecule has 1 fully saturated rings. The highest BCUT2D eigenvalue weighted by Gasteiger charge is 2.35. The van der Waals surface area contributed by atoms with Gasteiger partial charge < -0.3 is 5.32 Å². The van der Waals surface area contributed by atoms with Crippen molar-refractivity contribution < 1.29 is 9.59 Å². The van der Waals surface area contributed by atoms with Gasteiger partial charge >= 0.3 is 0 Å². The molecule has 174 valence electrons. The van der Waals surface area contributed by atoms with Gasteiger partial charge in [0, 0.05) is 33.7 Å². The molecule has 1 atom stereocenters. The summed E-state index contributed by atoms with van der Waals surface area (Å²) in [5.74, 6) is -0.418. The van der Waals surface area contributed by atoms with Gasteiger partial charge in [0.2, 0.25) is 11.8 Å². The van der Waals surface area contributed by atoms with E-state index in [9.17, 15) is 9.59 Å². The minimum Gasteiger partial charge on any atom is -0.325 e. The summed E-state index contributed by atoms with van der Waals surface area (Å²) in [5.41, 5.74) is 2.31. The Morgan fingerprint density at radius 1 is 0.912 bits per heavy atom. The van der Waals surface area contributed by atoms with Gasteiger partial charge in [0.05, 0.1) is 5.69 Å². The molecule has 1 saturated heterocycles. The monoisotopic (exact) mass is 531 g/mol. The zero-order chi connectivity index (χ0) is 24.1. The average Bonchev–Trinajstić information content (AvgIpc) is 2.82. The van der Waals surface area contributed by atoms with E-state index in [0.29, 0.717) is 44.6 Å². The number of rotatable bonds is 6. The quantitative estimate of drug-likeness (QED) is 0.378. The van der Waals surface area contributed by atoms with Crippen molar-refractivity contribution in [1.82, 2.24) is 4.90 Å². The third kappa shape index (κ3) is 6.54. The van der Waals surface area contributed by atoms with Crippen LogP contribution in [0.15, 0.2) is 77.8 Å². The summed E-state index contributed by atoms with van der Waals surface area (Å²) in [6, 6.07) is 21.4. The number of carbonyl (C=O) groups is 2.